The molecule has 0 bridgehead atoms. The minimum atomic E-state index is -0.570. The predicted octanol–water partition coefficient (Wildman–Crippen LogP) is 14.1. The van der Waals surface area contributed by atoms with E-state index in [1.807, 2.05) is 11.8 Å². The average Bonchev–Trinajstić information content (AvgIpc) is 3.65. The number of aromatic nitrogens is 2. The minimum absolute atomic E-state index is 0.570. The molecule has 0 amide bonds. The van der Waals surface area contributed by atoms with E-state index >= 15 is 0 Å². The van der Waals surface area contributed by atoms with Crippen LogP contribution in [0.1, 0.15) is 22.3 Å². The van der Waals surface area contributed by atoms with Gasteiger partial charge in [0, 0.05) is 31.8 Å². The van der Waals surface area contributed by atoms with E-state index in [-0.39, 0.29) is 0 Å². The van der Waals surface area contributed by atoms with Crippen molar-refractivity contribution in [2.24, 2.45) is 0 Å². The maximum Gasteiger partial charge on any atom is 0.138 e. The summed E-state index contributed by atoms with van der Waals surface area (Å²) in [6.07, 6.45) is 0. The van der Waals surface area contributed by atoms with Crippen LogP contribution in [0.5, 0.6) is 0 Å². The lowest BCUT2D eigenvalue weighted by molar-refractivity contribution is 0.695. The molecule has 2 aliphatic heterocycles. The summed E-state index contributed by atoms with van der Waals surface area (Å²) < 4.78 is 2.39. The number of nitrogens with zero attached hydrogens (tertiary/aromatic N) is 3. The standard InChI is InChI=1S/C54H35N3S/c1-4-18-36(19-5-1)38-34-45(37-20-6-2-7-21-37)55-51(35-38)57-46-28-14-10-24-40(46)52-49(57)33-32-44-53(52)58-50-31-17-13-27-43(50)54(44)41-25-11-15-29-47(41)56(39-22-8-3-9-23-39)48-30-16-12-26-42(48)54/h1-35H. The molecule has 58 heavy (non-hydrogen) atoms. The smallest absolute Gasteiger partial charge is 0.138 e. The minimum Gasteiger partial charge on any atom is -0.310 e. The second kappa shape index (κ2) is 13.0. The third kappa shape index (κ3) is 4.73. The molecule has 10 aromatic rings. The highest BCUT2D eigenvalue weighted by atomic mass is 32.2. The maximum atomic E-state index is 5.45. The summed E-state index contributed by atoms with van der Waals surface area (Å²) in [5.41, 5.74) is 14.7. The van der Waals surface area contributed by atoms with Crippen molar-refractivity contribution in [1.82, 2.24) is 9.55 Å². The summed E-state index contributed by atoms with van der Waals surface area (Å²) in [5, 5.41) is 2.47. The summed E-state index contributed by atoms with van der Waals surface area (Å²) in [6, 6.07) is 77.2. The van der Waals surface area contributed by atoms with Gasteiger partial charge in [-0.2, -0.15) is 0 Å². The van der Waals surface area contributed by atoms with Crippen LogP contribution in [0.25, 0.3) is 50.0 Å². The van der Waals surface area contributed by atoms with Crippen LogP contribution in [-0.2, 0) is 5.41 Å². The SMILES string of the molecule is c1ccc(-c2cc(-c3ccccc3)nc(-n3c4ccccc4c4c5c(ccc43)C3(c4ccccc4S5)c4ccccc4N(c4ccccc4)c4ccccc43)c2)cc1. The molecule has 1 spiro atoms. The van der Waals surface area contributed by atoms with E-state index in [1.165, 1.54) is 54.2 Å². The van der Waals surface area contributed by atoms with Gasteiger partial charge in [0.1, 0.15) is 5.82 Å². The molecule has 3 nitrogen and oxygen atoms in total. The topological polar surface area (TPSA) is 21.1 Å². The van der Waals surface area contributed by atoms with Gasteiger partial charge in [-0.05, 0) is 88.0 Å². The Kier molecular flexibility index (Phi) is 7.38. The molecule has 2 aliphatic rings. The monoisotopic (exact) mass is 757 g/mol. The Balaban J connectivity index is 1.18. The highest BCUT2D eigenvalue weighted by molar-refractivity contribution is 7.99. The normalized spacial score (nSPS) is 13.6. The third-order valence-corrected chi connectivity index (χ3v) is 13.2. The van der Waals surface area contributed by atoms with E-state index in [2.05, 4.69) is 222 Å². The van der Waals surface area contributed by atoms with Crippen LogP contribution in [0, 0.1) is 0 Å². The van der Waals surface area contributed by atoms with E-state index in [0.29, 0.717) is 0 Å². The summed E-state index contributed by atoms with van der Waals surface area (Å²) >= 11 is 1.90. The molecule has 0 radical (unpaired) electrons. The number of hydrogen-bond donors (Lipinski definition) is 0. The number of anilines is 3. The van der Waals surface area contributed by atoms with Gasteiger partial charge >= 0.3 is 0 Å². The average molecular weight is 758 g/mol. The van der Waals surface area contributed by atoms with Crippen molar-refractivity contribution in [3.8, 4) is 28.2 Å². The van der Waals surface area contributed by atoms with Gasteiger partial charge in [-0.3, -0.25) is 4.57 Å². The first-order valence-corrected chi connectivity index (χ1v) is 20.6. The van der Waals surface area contributed by atoms with Gasteiger partial charge in [0.05, 0.1) is 33.5 Å². The van der Waals surface area contributed by atoms with E-state index in [4.69, 9.17) is 4.98 Å². The summed E-state index contributed by atoms with van der Waals surface area (Å²) in [5.74, 6) is 0.897. The Morgan fingerprint density at radius 2 is 1.02 bits per heavy atom. The van der Waals surface area contributed by atoms with Crippen LogP contribution in [0.2, 0.25) is 0 Å². The fraction of sp³-hybridized carbons (Fsp3) is 0.0185. The van der Waals surface area contributed by atoms with Crippen molar-refractivity contribution in [2.45, 2.75) is 15.2 Å². The molecule has 272 valence electrons. The summed E-state index contributed by atoms with van der Waals surface area (Å²) in [7, 11) is 0. The quantitative estimate of drug-likeness (QED) is 0.178. The van der Waals surface area contributed by atoms with E-state index in [1.54, 1.807) is 0 Å². The maximum absolute atomic E-state index is 5.45. The van der Waals surface area contributed by atoms with E-state index in [9.17, 15) is 0 Å². The zero-order valence-corrected chi connectivity index (χ0v) is 32.3. The van der Waals surface area contributed by atoms with Gasteiger partial charge in [0.25, 0.3) is 0 Å². The first-order valence-electron chi connectivity index (χ1n) is 19.8. The third-order valence-electron chi connectivity index (χ3n) is 12.0. The largest absolute Gasteiger partial charge is 0.310 e. The number of fused-ring (bicyclic) bond motifs is 12. The first kappa shape index (κ1) is 33.0. The number of rotatable bonds is 4. The van der Waals surface area contributed by atoms with Gasteiger partial charge in [-0.25, -0.2) is 4.98 Å². The Bertz CT molecular complexity index is 3100. The highest BCUT2D eigenvalue weighted by Gasteiger charge is 2.50. The number of pyridine rings is 1. The van der Waals surface area contributed by atoms with Gasteiger partial charge in [0.15, 0.2) is 0 Å². The number of hydrogen-bond acceptors (Lipinski definition) is 3. The molecule has 0 saturated heterocycles. The molecule has 0 N–H and O–H groups in total. The van der Waals surface area contributed by atoms with Crippen LogP contribution in [0.4, 0.5) is 17.1 Å². The zero-order chi connectivity index (χ0) is 38.2. The van der Waals surface area contributed by atoms with Crippen LogP contribution in [0.15, 0.2) is 222 Å². The molecule has 8 aromatic carbocycles. The summed E-state index contributed by atoms with van der Waals surface area (Å²) in [6.45, 7) is 0. The molecule has 4 heteroatoms. The second-order valence-electron chi connectivity index (χ2n) is 15.1. The Hall–Kier alpha value is -7.14. The van der Waals surface area contributed by atoms with Gasteiger partial charge in [0.2, 0.25) is 0 Å². The van der Waals surface area contributed by atoms with Crippen molar-refractivity contribution in [1.29, 1.82) is 0 Å². The molecule has 0 aliphatic carbocycles. The zero-order valence-electron chi connectivity index (χ0n) is 31.5. The van der Waals surface area contributed by atoms with Crippen molar-refractivity contribution >= 4 is 50.6 Å². The van der Waals surface area contributed by atoms with Crippen molar-refractivity contribution < 1.29 is 0 Å². The Morgan fingerprint density at radius 3 is 1.74 bits per heavy atom. The molecular formula is C54H35N3S. The van der Waals surface area contributed by atoms with Crippen LogP contribution >= 0.6 is 11.8 Å². The van der Waals surface area contributed by atoms with Gasteiger partial charge < -0.3 is 4.90 Å². The molecule has 0 fully saturated rings. The molecule has 4 heterocycles. The van der Waals surface area contributed by atoms with Crippen molar-refractivity contribution in [3.63, 3.8) is 0 Å². The van der Waals surface area contributed by atoms with Crippen molar-refractivity contribution in [2.75, 3.05) is 4.90 Å². The number of benzene rings is 8. The molecule has 0 unspecified atom stereocenters. The molecule has 0 saturated carbocycles. The second-order valence-corrected chi connectivity index (χ2v) is 16.1. The predicted molar refractivity (Wildman–Crippen MR) is 240 cm³/mol. The molecule has 2 aromatic heterocycles. The highest BCUT2D eigenvalue weighted by Crippen LogP contribution is 2.64. The lowest BCUT2D eigenvalue weighted by atomic mass is 9.62. The van der Waals surface area contributed by atoms with Crippen LogP contribution in [0.3, 0.4) is 0 Å². The Morgan fingerprint density at radius 1 is 0.431 bits per heavy atom. The van der Waals surface area contributed by atoms with Crippen LogP contribution < -0.4 is 4.90 Å². The summed E-state index contributed by atoms with van der Waals surface area (Å²) in [4.78, 5) is 10.4. The molecular weight excluding hydrogens is 723 g/mol. The number of para-hydroxylation sites is 4. The first-order chi connectivity index (χ1) is 28.8. The van der Waals surface area contributed by atoms with Gasteiger partial charge in [-0.1, -0.05) is 169 Å². The van der Waals surface area contributed by atoms with Gasteiger partial charge in [-0.15, -0.1) is 0 Å². The molecule has 0 atom stereocenters. The molecule has 12 rings (SSSR count). The van der Waals surface area contributed by atoms with Crippen molar-refractivity contribution in [3.05, 3.63) is 235 Å². The Labute approximate surface area is 341 Å². The fourth-order valence-corrected chi connectivity index (χ4v) is 11.0. The van der Waals surface area contributed by atoms with E-state index in [0.717, 1.165) is 44.9 Å². The lowest BCUT2D eigenvalue weighted by Crippen LogP contribution is -2.39. The fourth-order valence-electron chi connectivity index (χ4n) is 9.66. The van der Waals surface area contributed by atoms with Crippen LogP contribution in [-0.4, -0.2) is 9.55 Å². The lowest BCUT2D eigenvalue weighted by Gasteiger charge is -2.49. The van der Waals surface area contributed by atoms with E-state index < -0.39 is 5.41 Å².